The number of piperidine rings is 1. The number of carbonyl (C=O) groups is 2. The molecule has 0 aliphatic carbocycles. The molecule has 150 valence electrons. The minimum Gasteiger partial charge on any atom is -0.395 e. The number of hydrogen-bond acceptors (Lipinski definition) is 3. The number of aliphatic hydroxyl groups excluding tert-OH is 1. The predicted octanol–water partition coefficient (Wildman–Crippen LogP) is 2.48. The summed E-state index contributed by atoms with van der Waals surface area (Å²) in [6.45, 7) is 6.06. The molecule has 3 heterocycles. The van der Waals surface area contributed by atoms with Gasteiger partial charge in [0.2, 0.25) is 11.8 Å². The van der Waals surface area contributed by atoms with E-state index in [9.17, 15) is 14.7 Å². The van der Waals surface area contributed by atoms with Gasteiger partial charge in [0.15, 0.2) is 0 Å². The summed E-state index contributed by atoms with van der Waals surface area (Å²) in [7, 11) is 1.76. The second-order valence-corrected chi connectivity index (χ2v) is 9.12. The van der Waals surface area contributed by atoms with Crippen molar-refractivity contribution in [3.8, 4) is 0 Å². The Morgan fingerprint density at radius 3 is 2.71 bits per heavy atom. The van der Waals surface area contributed by atoms with Gasteiger partial charge >= 0.3 is 0 Å². The lowest BCUT2D eigenvalue weighted by Crippen LogP contribution is -2.59. The van der Waals surface area contributed by atoms with Crippen LogP contribution >= 0.6 is 0 Å². The van der Waals surface area contributed by atoms with Crippen LogP contribution in [0.4, 0.5) is 0 Å². The van der Waals surface area contributed by atoms with E-state index < -0.39 is 11.3 Å². The molecule has 4 rings (SSSR count). The van der Waals surface area contributed by atoms with Crippen LogP contribution in [-0.4, -0.2) is 57.9 Å². The number of rotatable bonds is 2. The molecule has 0 saturated carbocycles. The Balaban J connectivity index is 1.74. The van der Waals surface area contributed by atoms with Gasteiger partial charge in [0.05, 0.1) is 18.6 Å². The number of para-hydroxylation sites is 1. The van der Waals surface area contributed by atoms with Crippen molar-refractivity contribution in [2.24, 2.45) is 11.3 Å². The molecule has 2 amide bonds. The van der Waals surface area contributed by atoms with Gasteiger partial charge in [0.25, 0.3) is 0 Å². The van der Waals surface area contributed by atoms with Gasteiger partial charge in [-0.2, -0.15) is 0 Å². The molecule has 2 N–H and O–H groups in total. The van der Waals surface area contributed by atoms with Crippen molar-refractivity contribution >= 4 is 22.7 Å². The molecule has 6 nitrogen and oxygen atoms in total. The van der Waals surface area contributed by atoms with Crippen molar-refractivity contribution in [3.05, 3.63) is 35.5 Å². The first-order chi connectivity index (χ1) is 13.2. The molecule has 1 aromatic heterocycles. The van der Waals surface area contributed by atoms with E-state index in [0.29, 0.717) is 13.0 Å². The Morgan fingerprint density at radius 1 is 1.32 bits per heavy atom. The summed E-state index contributed by atoms with van der Waals surface area (Å²) < 4.78 is 0. The number of H-pyrrole nitrogens is 1. The highest BCUT2D eigenvalue weighted by Crippen LogP contribution is 2.42. The van der Waals surface area contributed by atoms with Crippen LogP contribution in [0.3, 0.4) is 0 Å². The lowest BCUT2D eigenvalue weighted by Gasteiger charge is -2.48. The Hall–Kier alpha value is -2.34. The number of fused-ring (bicyclic) bond motifs is 5. The molecule has 0 spiro atoms. The highest BCUT2D eigenvalue weighted by atomic mass is 16.3. The van der Waals surface area contributed by atoms with Gasteiger partial charge < -0.3 is 19.9 Å². The van der Waals surface area contributed by atoms with Crippen molar-refractivity contribution in [2.75, 3.05) is 20.2 Å². The second-order valence-electron chi connectivity index (χ2n) is 9.12. The predicted molar refractivity (Wildman–Crippen MR) is 108 cm³/mol. The van der Waals surface area contributed by atoms with Crippen LogP contribution in [0.5, 0.6) is 0 Å². The van der Waals surface area contributed by atoms with E-state index in [1.165, 1.54) is 10.9 Å². The highest BCUT2D eigenvalue weighted by molar-refractivity contribution is 5.88. The summed E-state index contributed by atoms with van der Waals surface area (Å²) in [5.74, 6) is -0.634. The average molecular weight is 383 g/mol. The normalized spacial score (nSPS) is 24.8. The Morgan fingerprint density at radius 2 is 2.04 bits per heavy atom. The summed E-state index contributed by atoms with van der Waals surface area (Å²) in [6.07, 6.45) is 1.44. The summed E-state index contributed by atoms with van der Waals surface area (Å²) >= 11 is 0. The Bertz CT molecular complexity index is 927. The van der Waals surface area contributed by atoms with Crippen LogP contribution in [0.1, 0.15) is 44.5 Å². The van der Waals surface area contributed by atoms with E-state index in [0.717, 1.165) is 17.6 Å². The van der Waals surface area contributed by atoms with E-state index >= 15 is 0 Å². The van der Waals surface area contributed by atoms with Gasteiger partial charge in [-0.3, -0.25) is 9.59 Å². The average Bonchev–Trinajstić information content (AvgIpc) is 3.05. The maximum absolute atomic E-state index is 13.2. The molecule has 2 aliphatic heterocycles. The fourth-order valence-corrected chi connectivity index (χ4v) is 4.91. The van der Waals surface area contributed by atoms with Crippen LogP contribution in [0.25, 0.3) is 10.9 Å². The van der Waals surface area contributed by atoms with E-state index in [1.54, 1.807) is 11.9 Å². The lowest BCUT2D eigenvalue weighted by atomic mass is 9.81. The fourth-order valence-electron chi connectivity index (χ4n) is 4.91. The minimum absolute atomic E-state index is 0.00937. The standard InChI is InChI=1S/C22H29N3O3/c1-22(2,3)21(28)24(4)17-11-18-19-14(13-7-5-6-8-16(13)23-19)9-10-25(18)20(27)15(17)12-26/h5-8,15,17-18,23,26H,9-12H2,1-4H3/t15-,17-,18-/m0/s1. The van der Waals surface area contributed by atoms with E-state index in [-0.39, 0.29) is 30.5 Å². The van der Waals surface area contributed by atoms with Gasteiger partial charge in [0.1, 0.15) is 0 Å². The zero-order valence-electron chi connectivity index (χ0n) is 17.0. The van der Waals surface area contributed by atoms with Crippen molar-refractivity contribution in [3.63, 3.8) is 0 Å². The van der Waals surface area contributed by atoms with E-state index in [4.69, 9.17) is 0 Å². The van der Waals surface area contributed by atoms with Crippen LogP contribution < -0.4 is 0 Å². The SMILES string of the molecule is CN(C(=O)C(C)(C)C)[C@H]1C[C@H]2c3[nH]c4ccccc4c3CCN2C(=O)[C@H]1CO. The maximum Gasteiger partial charge on any atom is 0.230 e. The number of aromatic nitrogens is 1. The Kier molecular flexibility index (Phi) is 4.49. The molecule has 2 aromatic rings. The van der Waals surface area contributed by atoms with E-state index in [2.05, 4.69) is 17.1 Å². The first-order valence-corrected chi connectivity index (χ1v) is 10.0. The van der Waals surface area contributed by atoms with Gasteiger partial charge in [-0.15, -0.1) is 0 Å². The smallest absolute Gasteiger partial charge is 0.230 e. The van der Waals surface area contributed by atoms with Crippen LogP contribution in [0.2, 0.25) is 0 Å². The second kappa shape index (κ2) is 6.62. The van der Waals surface area contributed by atoms with Crippen molar-refractivity contribution in [2.45, 2.75) is 45.7 Å². The van der Waals surface area contributed by atoms with Crippen molar-refractivity contribution < 1.29 is 14.7 Å². The summed E-state index contributed by atoms with van der Waals surface area (Å²) in [4.78, 5) is 33.2. The van der Waals surface area contributed by atoms with Gasteiger partial charge in [-0.1, -0.05) is 39.0 Å². The number of aromatic amines is 1. The largest absolute Gasteiger partial charge is 0.395 e. The van der Waals surface area contributed by atoms with Crippen LogP contribution in [0.15, 0.2) is 24.3 Å². The third-order valence-electron chi connectivity index (χ3n) is 6.34. The molecule has 28 heavy (non-hydrogen) atoms. The minimum atomic E-state index is -0.571. The zero-order chi connectivity index (χ0) is 20.2. The van der Waals surface area contributed by atoms with Crippen molar-refractivity contribution in [1.82, 2.24) is 14.8 Å². The quantitative estimate of drug-likeness (QED) is 0.836. The topological polar surface area (TPSA) is 76.6 Å². The maximum atomic E-state index is 13.2. The number of amides is 2. The van der Waals surface area contributed by atoms with E-state index in [1.807, 2.05) is 37.8 Å². The number of benzene rings is 1. The number of nitrogens with one attached hydrogen (secondary N) is 1. The molecular weight excluding hydrogens is 354 g/mol. The first-order valence-electron chi connectivity index (χ1n) is 10.0. The molecule has 1 aromatic carbocycles. The monoisotopic (exact) mass is 383 g/mol. The van der Waals surface area contributed by atoms with Gasteiger partial charge in [-0.05, 0) is 24.5 Å². The highest BCUT2D eigenvalue weighted by Gasteiger charge is 2.48. The number of hydrogen-bond donors (Lipinski definition) is 2. The molecule has 2 aliphatic rings. The number of aliphatic hydroxyl groups is 1. The summed E-state index contributed by atoms with van der Waals surface area (Å²) in [6, 6.07) is 7.82. The summed E-state index contributed by atoms with van der Waals surface area (Å²) in [5, 5.41) is 11.2. The van der Waals surface area contributed by atoms with Gasteiger partial charge in [-0.25, -0.2) is 0 Å². The molecule has 0 radical (unpaired) electrons. The molecule has 6 heteroatoms. The van der Waals surface area contributed by atoms with Crippen molar-refractivity contribution in [1.29, 1.82) is 0 Å². The summed E-state index contributed by atoms with van der Waals surface area (Å²) in [5.41, 5.74) is 2.91. The van der Waals surface area contributed by atoms with Crippen LogP contribution in [-0.2, 0) is 16.0 Å². The number of carbonyl (C=O) groups excluding carboxylic acids is 2. The fraction of sp³-hybridized carbons (Fsp3) is 0.545. The van der Waals surface area contributed by atoms with Crippen LogP contribution in [0, 0.1) is 11.3 Å². The molecule has 3 atom stereocenters. The molecular formula is C22H29N3O3. The molecule has 0 unspecified atom stereocenters. The Labute approximate surface area is 165 Å². The third-order valence-corrected chi connectivity index (χ3v) is 6.34. The first kappa shape index (κ1) is 19.0. The molecule has 1 saturated heterocycles. The molecule has 1 fully saturated rings. The lowest BCUT2D eigenvalue weighted by molar-refractivity contribution is -0.155. The molecule has 0 bridgehead atoms. The number of nitrogens with zero attached hydrogens (tertiary/aromatic N) is 2. The third kappa shape index (κ3) is 2.82. The van der Waals surface area contributed by atoms with Gasteiger partial charge in [0, 0.05) is 41.6 Å². The zero-order valence-corrected chi connectivity index (χ0v) is 17.0.